The van der Waals surface area contributed by atoms with Gasteiger partial charge in [-0.05, 0) is 11.4 Å². The fourth-order valence-electron chi connectivity index (χ4n) is 1.83. The van der Waals surface area contributed by atoms with E-state index in [0.717, 1.165) is 0 Å². The van der Waals surface area contributed by atoms with Crippen LogP contribution in [-0.4, -0.2) is 30.2 Å². The van der Waals surface area contributed by atoms with Gasteiger partial charge in [-0.3, -0.25) is 24.5 Å². The molecule has 1 aromatic carbocycles. The molecule has 0 spiro atoms. The number of esters is 1. The van der Waals surface area contributed by atoms with E-state index >= 15 is 0 Å². The number of amides is 2. The molecule has 0 radical (unpaired) electrons. The molecule has 1 heterocycles. The van der Waals surface area contributed by atoms with Crippen LogP contribution in [0.1, 0.15) is 32.9 Å². The van der Waals surface area contributed by atoms with Crippen molar-refractivity contribution in [2.75, 3.05) is 6.61 Å². The Morgan fingerprint density at radius 2 is 1.71 bits per heavy atom. The maximum atomic E-state index is 11.8. The molecule has 0 unspecified atom stereocenters. The van der Waals surface area contributed by atoms with E-state index in [1.807, 2.05) is 0 Å². The van der Waals surface area contributed by atoms with Crippen LogP contribution in [0.4, 0.5) is 0 Å². The number of carbonyl (C=O) groups is 4. The molecule has 2 aromatic rings. The van der Waals surface area contributed by atoms with Crippen molar-refractivity contribution in [3.63, 3.8) is 0 Å². The third-order valence-corrected chi connectivity index (χ3v) is 3.88. The SMILES string of the molecule is O=C(COC(=O)CCC(=O)c1ccccc1)NC(=O)c1cccs1. The fourth-order valence-corrected chi connectivity index (χ4v) is 2.45. The lowest BCUT2D eigenvalue weighted by Gasteiger charge is -2.05. The predicted molar refractivity (Wildman–Crippen MR) is 87.8 cm³/mol. The van der Waals surface area contributed by atoms with E-state index in [1.165, 1.54) is 11.3 Å². The summed E-state index contributed by atoms with van der Waals surface area (Å²) >= 11 is 1.20. The molecule has 0 bridgehead atoms. The fraction of sp³-hybridized carbons (Fsp3) is 0.176. The molecule has 0 saturated carbocycles. The molecule has 2 amide bonds. The van der Waals surface area contributed by atoms with E-state index in [4.69, 9.17) is 4.74 Å². The summed E-state index contributed by atoms with van der Waals surface area (Å²) in [6, 6.07) is 11.9. The van der Waals surface area contributed by atoms with Crippen LogP contribution in [0.3, 0.4) is 0 Å². The van der Waals surface area contributed by atoms with E-state index in [2.05, 4.69) is 5.32 Å². The second-order valence-corrected chi connectivity index (χ2v) is 5.75. The zero-order chi connectivity index (χ0) is 17.4. The zero-order valence-corrected chi connectivity index (χ0v) is 13.5. The Labute approximate surface area is 142 Å². The molecule has 0 aliphatic rings. The first-order chi connectivity index (χ1) is 11.6. The van der Waals surface area contributed by atoms with Crippen molar-refractivity contribution in [3.8, 4) is 0 Å². The second-order valence-electron chi connectivity index (χ2n) is 4.80. The topological polar surface area (TPSA) is 89.5 Å². The van der Waals surface area contributed by atoms with Crippen LogP contribution in [0.15, 0.2) is 47.8 Å². The number of ketones is 1. The summed E-state index contributed by atoms with van der Waals surface area (Å²) < 4.78 is 4.76. The summed E-state index contributed by atoms with van der Waals surface area (Å²) in [5, 5.41) is 3.83. The standard InChI is InChI=1S/C17H15NO5S/c19-13(12-5-2-1-3-6-12)8-9-16(21)23-11-15(20)18-17(22)14-7-4-10-24-14/h1-7,10H,8-9,11H2,(H,18,20,22). The summed E-state index contributed by atoms with van der Waals surface area (Å²) in [4.78, 5) is 47.0. The summed E-state index contributed by atoms with van der Waals surface area (Å²) in [6.45, 7) is -0.560. The van der Waals surface area contributed by atoms with Gasteiger partial charge >= 0.3 is 5.97 Å². The van der Waals surface area contributed by atoms with E-state index in [0.29, 0.717) is 10.4 Å². The lowest BCUT2D eigenvalue weighted by Crippen LogP contribution is -2.33. The minimum absolute atomic E-state index is 0.00140. The number of Topliss-reactive ketones (excluding diaryl/α,β-unsaturated/α-hetero) is 1. The number of thiophene rings is 1. The molecule has 124 valence electrons. The van der Waals surface area contributed by atoms with Crippen LogP contribution < -0.4 is 5.32 Å². The van der Waals surface area contributed by atoms with Crippen molar-refractivity contribution >= 4 is 34.9 Å². The number of rotatable bonds is 7. The summed E-state index contributed by atoms with van der Waals surface area (Å²) in [7, 11) is 0. The Hall–Kier alpha value is -2.80. The van der Waals surface area contributed by atoms with Gasteiger partial charge in [0.15, 0.2) is 12.4 Å². The molecule has 24 heavy (non-hydrogen) atoms. The quantitative estimate of drug-likeness (QED) is 0.614. The highest BCUT2D eigenvalue weighted by atomic mass is 32.1. The number of benzene rings is 1. The van der Waals surface area contributed by atoms with E-state index in [1.54, 1.807) is 47.8 Å². The molecular weight excluding hydrogens is 330 g/mol. The van der Waals surface area contributed by atoms with Crippen molar-refractivity contribution in [2.45, 2.75) is 12.8 Å². The molecule has 2 rings (SSSR count). The molecule has 6 nitrogen and oxygen atoms in total. The number of hydrogen-bond acceptors (Lipinski definition) is 6. The van der Waals surface area contributed by atoms with Crippen LogP contribution in [0.5, 0.6) is 0 Å². The third-order valence-electron chi connectivity index (χ3n) is 3.01. The Kier molecular flexibility index (Phi) is 6.39. The third kappa shape index (κ3) is 5.44. The molecule has 7 heteroatoms. The molecule has 1 aromatic heterocycles. The first kappa shape index (κ1) is 17.6. The van der Waals surface area contributed by atoms with Crippen molar-refractivity contribution < 1.29 is 23.9 Å². The number of nitrogens with one attached hydrogen (secondary N) is 1. The predicted octanol–water partition coefficient (Wildman–Crippen LogP) is 2.21. The minimum atomic E-state index is -0.712. The number of ether oxygens (including phenoxy) is 1. The Morgan fingerprint density at radius 3 is 2.38 bits per heavy atom. The lowest BCUT2D eigenvalue weighted by molar-refractivity contribution is -0.148. The van der Waals surface area contributed by atoms with E-state index in [-0.39, 0.29) is 18.6 Å². The largest absolute Gasteiger partial charge is 0.456 e. The number of hydrogen-bond donors (Lipinski definition) is 1. The highest BCUT2D eigenvalue weighted by Crippen LogP contribution is 2.08. The monoisotopic (exact) mass is 345 g/mol. The van der Waals surface area contributed by atoms with Gasteiger partial charge in [0, 0.05) is 12.0 Å². The van der Waals surface area contributed by atoms with Gasteiger partial charge in [-0.15, -0.1) is 11.3 Å². The molecule has 0 atom stereocenters. The van der Waals surface area contributed by atoms with Crippen LogP contribution in [0.25, 0.3) is 0 Å². The zero-order valence-electron chi connectivity index (χ0n) is 12.7. The van der Waals surface area contributed by atoms with Gasteiger partial charge in [0.1, 0.15) is 0 Å². The van der Waals surface area contributed by atoms with Crippen molar-refractivity contribution in [2.24, 2.45) is 0 Å². The number of carbonyl (C=O) groups excluding carboxylic acids is 4. The summed E-state index contributed by atoms with van der Waals surface area (Å²) in [5.74, 6) is -2.09. The van der Waals surface area contributed by atoms with Gasteiger partial charge in [-0.25, -0.2) is 0 Å². The summed E-state index contributed by atoms with van der Waals surface area (Å²) in [5.41, 5.74) is 0.518. The molecule has 0 aliphatic heterocycles. The van der Waals surface area contributed by atoms with Crippen LogP contribution >= 0.6 is 11.3 Å². The molecule has 1 N–H and O–H groups in total. The molecule has 0 saturated heterocycles. The van der Waals surface area contributed by atoms with Crippen LogP contribution in [0.2, 0.25) is 0 Å². The van der Waals surface area contributed by atoms with Gasteiger partial charge in [0.25, 0.3) is 11.8 Å². The van der Waals surface area contributed by atoms with Crippen LogP contribution in [0, 0.1) is 0 Å². The Bertz CT molecular complexity index is 725. The smallest absolute Gasteiger partial charge is 0.306 e. The normalized spacial score (nSPS) is 10.0. The highest BCUT2D eigenvalue weighted by molar-refractivity contribution is 7.12. The maximum Gasteiger partial charge on any atom is 0.306 e. The van der Waals surface area contributed by atoms with Crippen molar-refractivity contribution in [3.05, 3.63) is 58.3 Å². The second kappa shape index (κ2) is 8.73. The van der Waals surface area contributed by atoms with Gasteiger partial charge < -0.3 is 4.74 Å². The maximum absolute atomic E-state index is 11.8. The van der Waals surface area contributed by atoms with Gasteiger partial charge in [0.05, 0.1) is 11.3 Å². The van der Waals surface area contributed by atoms with Crippen LogP contribution in [-0.2, 0) is 14.3 Å². The first-order valence-corrected chi connectivity index (χ1v) is 8.06. The average Bonchev–Trinajstić information content (AvgIpc) is 3.13. The molecular formula is C17H15NO5S. The van der Waals surface area contributed by atoms with E-state index < -0.39 is 24.4 Å². The minimum Gasteiger partial charge on any atom is -0.456 e. The first-order valence-electron chi connectivity index (χ1n) is 7.18. The summed E-state index contributed by atoms with van der Waals surface area (Å²) in [6.07, 6.45) is -0.127. The van der Waals surface area contributed by atoms with Crippen molar-refractivity contribution in [1.29, 1.82) is 0 Å². The van der Waals surface area contributed by atoms with E-state index in [9.17, 15) is 19.2 Å². The molecule has 0 fully saturated rings. The Balaban J connectivity index is 1.68. The Morgan fingerprint density at radius 1 is 0.958 bits per heavy atom. The molecule has 0 aliphatic carbocycles. The lowest BCUT2D eigenvalue weighted by atomic mass is 10.1. The van der Waals surface area contributed by atoms with Crippen molar-refractivity contribution in [1.82, 2.24) is 5.32 Å². The number of imide groups is 1. The van der Waals surface area contributed by atoms with Gasteiger partial charge in [-0.1, -0.05) is 36.4 Å². The average molecular weight is 345 g/mol. The van der Waals surface area contributed by atoms with Gasteiger partial charge in [-0.2, -0.15) is 0 Å². The highest BCUT2D eigenvalue weighted by Gasteiger charge is 2.14. The van der Waals surface area contributed by atoms with Gasteiger partial charge in [0.2, 0.25) is 0 Å².